The van der Waals surface area contributed by atoms with Gasteiger partial charge < -0.3 is 10.6 Å². The number of benzene rings is 2. The summed E-state index contributed by atoms with van der Waals surface area (Å²) >= 11 is 6.60. The number of hydrazone groups is 1. The Hall–Kier alpha value is -3.41. The minimum absolute atomic E-state index is 0.0699. The first-order valence-corrected chi connectivity index (χ1v) is 12.3. The Balaban J connectivity index is 1.44. The zero-order valence-corrected chi connectivity index (χ0v) is 19.6. The summed E-state index contributed by atoms with van der Waals surface area (Å²) in [5.74, 6) is -0.181. The number of nitrogens with zero attached hydrogens (tertiary/aromatic N) is 2. The van der Waals surface area contributed by atoms with Crippen molar-refractivity contribution < 1.29 is 18.0 Å². The Morgan fingerprint density at radius 1 is 1.09 bits per heavy atom. The van der Waals surface area contributed by atoms with Crippen molar-refractivity contribution >= 4 is 67.7 Å². The summed E-state index contributed by atoms with van der Waals surface area (Å²) in [5, 5.41) is 11.2. The summed E-state index contributed by atoms with van der Waals surface area (Å²) in [5.41, 5.74) is 3.28. The van der Waals surface area contributed by atoms with E-state index in [0.717, 1.165) is 22.6 Å². The van der Waals surface area contributed by atoms with Crippen molar-refractivity contribution in [3.63, 3.8) is 0 Å². The molecule has 1 aliphatic heterocycles. The summed E-state index contributed by atoms with van der Waals surface area (Å²) in [6.07, 6.45) is 0.167. The summed E-state index contributed by atoms with van der Waals surface area (Å²) in [6, 6.07) is 15.7. The van der Waals surface area contributed by atoms with E-state index in [2.05, 4.69) is 15.7 Å². The maximum atomic E-state index is 12.5. The van der Waals surface area contributed by atoms with E-state index < -0.39 is 16.1 Å². The van der Waals surface area contributed by atoms with E-state index in [1.807, 2.05) is 36.0 Å². The highest BCUT2D eigenvalue weighted by Gasteiger charge is 2.26. The van der Waals surface area contributed by atoms with Gasteiger partial charge in [0.2, 0.25) is 0 Å². The Morgan fingerprint density at radius 2 is 1.85 bits per heavy atom. The lowest BCUT2D eigenvalue weighted by Crippen LogP contribution is -2.33. The molecule has 3 amide bonds. The van der Waals surface area contributed by atoms with E-state index >= 15 is 0 Å². The van der Waals surface area contributed by atoms with Crippen LogP contribution in [0.2, 0.25) is 4.34 Å². The first-order valence-electron chi connectivity index (χ1n) is 9.63. The van der Waals surface area contributed by atoms with Crippen LogP contribution in [0.25, 0.3) is 0 Å². The van der Waals surface area contributed by atoms with Crippen LogP contribution in [0.5, 0.6) is 0 Å². The normalized spacial score (nSPS) is 13.6. The van der Waals surface area contributed by atoms with Crippen molar-refractivity contribution in [2.45, 2.75) is 10.6 Å². The average molecular weight is 504 g/mol. The molecule has 1 aromatic heterocycles. The van der Waals surface area contributed by atoms with Crippen molar-refractivity contribution in [2.75, 3.05) is 22.7 Å². The van der Waals surface area contributed by atoms with Crippen LogP contribution in [0.1, 0.15) is 12.0 Å². The number of anilines is 3. The van der Waals surface area contributed by atoms with Crippen LogP contribution in [0.15, 0.2) is 70.0 Å². The van der Waals surface area contributed by atoms with Crippen molar-refractivity contribution in [3.8, 4) is 0 Å². The van der Waals surface area contributed by atoms with Gasteiger partial charge in [-0.05, 0) is 48.5 Å². The Bertz CT molecular complexity index is 1350. The molecule has 4 rings (SSSR count). The molecule has 2 aromatic carbocycles. The number of hydrogen-bond acceptors (Lipinski definition) is 7. The molecule has 3 N–H and O–H groups in total. The summed E-state index contributed by atoms with van der Waals surface area (Å²) in [7, 11) is -2.21. The van der Waals surface area contributed by atoms with Crippen molar-refractivity contribution in [2.24, 2.45) is 5.10 Å². The Morgan fingerprint density at radius 3 is 2.52 bits per heavy atom. The van der Waals surface area contributed by atoms with E-state index in [1.165, 1.54) is 17.1 Å². The number of rotatable bonds is 6. The number of carbonyl (C=O) groups is 2. The molecule has 2 heterocycles. The molecule has 1 aliphatic rings. The fraction of sp³-hybridized carbons (Fsp3) is 0.0952. The van der Waals surface area contributed by atoms with Gasteiger partial charge in [0, 0.05) is 24.0 Å². The van der Waals surface area contributed by atoms with Crippen LogP contribution in [0.4, 0.5) is 21.9 Å². The third-order valence-electron chi connectivity index (χ3n) is 4.67. The van der Waals surface area contributed by atoms with E-state index in [0.29, 0.717) is 21.4 Å². The summed E-state index contributed by atoms with van der Waals surface area (Å²) in [6.45, 7) is 0. The minimum Gasteiger partial charge on any atom is -0.388 e. The molecular formula is C21H18ClN5O4S2. The van der Waals surface area contributed by atoms with Crippen molar-refractivity contribution in [3.05, 3.63) is 70.6 Å². The van der Waals surface area contributed by atoms with Crippen LogP contribution < -0.4 is 20.4 Å². The minimum atomic E-state index is -4.03. The third-order valence-corrected chi connectivity index (χ3v) is 7.72. The number of thiophene rings is 1. The monoisotopic (exact) mass is 503 g/mol. The summed E-state index contributed by atoms with van der Waals surface area (Å²) in [4.78, 5) is 24.6. The molecular weight excluding hydrogens is 486 g/mol. The molecule has 0 saturated carbocycles. The van der Waals surface area contributed by atoms with E-state index in [-0.39, 0.29) is 16.5 Å². The molecule has 0 radical (unpaired) electrons. The van der Waals surface area contributed by atoms with E-state index in [1.54, 1.807) is 24.3 Å². The second kappa shape index (κ2) is 9.22. The number of carbonyl (C=O) groups excluding carboxylic acids is 2. The molecule has 33 heavy (non-hydrogen) atoms. The second-order valence-corrected chi connectivity index (χ2v) is 10.5. The van der Waals surface area contributed by atoms with Gasteiger partial charge in [-0.1, -0.05) is 23.7 Å². The number of halogens is 1. The zero-order chi connectivity index (χ0) is 23.6. The number of sulfonamides is 1. The molecule has 0 aliphatic carbocycles. The van der Waals surface area contributed by atoms with Gasteiger partial charge in [0.1, 0.15) is 4.21 Å². The van der Waals surface area contributed by atoms with E-state index in [4.69, 9.17) is 11.6 Å². The van der Waals surface area contributed by atoms with Crippen LogP contribution in [0.3, 0.4) is 0 Å². The average Bonchev–Trinajstić information content (AvgIpc) is 3.40. The molecule has 0 fully saturated rings. The van der Waals surface area contributed by atoms with Crippen molar-refractivity contribution in [1.82, 2.24) is 4.72 Å². The smallest absolute Gasteiger partial charge is 0.333 e. The van der Waals surface area contributed by atoms with Crippen LogP contribution in [0, 0.1) is 0 Å². The second-order valence-electron chi connectivity index (χ2n) is 6.92. The molecule has 0 bridgehead atoms. The number of hydrogen-bond donors (Lipinski definition) is 3. The predicted octanol–water partition coefficient (Wildman–Crippen LogP) is 4.09. The molecule has 0 saturated heterocycles. The van der Waals surface area contributed by atoms with Gasteiger partial charge in [-0.3, -0.25) is 4.79 Å². The fourth-order valence-electron chi connectivity index (χ4n) is 3.10. The SMILES string of the molecule is CNc1cccc(C2=NN(c3ccc(NC(=O)NS(=O)(=O)c4ccc(Cl)s4)cc3)C(=O)C2)c1. The zero-order valence-electron chi connectivity index (χ0n) is 17.2. The Kier molecular flexibility index (Phi) is 6.36. The molecule has 9 nitrogen and oxygen atoms in total. The van der Waals surface area contributed by atoms with Gasteiger partial charge in [0.15, 0.2) is 0 Å². The Labute approximate surface area is 199 Å². The maximum Gasteiger partial charge on any atom is 0.333 e. The number of amides is 3. The van der Waals surface area contributed by atoms with Gasteiger partial charge >= 0.3 is 6.03 Å². The molecule has 0 atom stereocenters. The highest BCUT2D eigenvalue weighted by atomic mass is 35.5. The largest absolute Gasteiger partial charge is 0.388 e. The summed E-state index contributed by atoms with van der Waals surface area (Å²) < 4.78 is 26.6. The molecule has 0 spiro atoms. The maximum absolute atomic E-state index is 12.5. The quantitative estimate of drug-likeness (QED) is 0.468. The first-order chi connectivity index (χ1) is 15.7. The molecule has 170 valence electrons. The lowest BCUT2D eigenvalue weighted by molar-refractivity contribution is -0.116. The van der Waals surface area contributed by atoms with Crippen LogP contribution in [-0.4, -0.2) is 33.1 Å². The van der Waals surface area contributed by atoms with Crippen LogP contribution in [-0.2, 0) is 14.8 Å². The highest BCUT2D eigenvalue weighted by Crippen LogP contribution is 2.27. The van der Waals surface area contributed by atoms with Gasteiger partial charge in [0.05, 0.1) is 22.2 Å². The van der Waals surface area contributed by atoms with Gasteiger partial charge in [-0.25, -0.2) is 22.9 Å². The fourth-order valence-corrected chi connectivity index (χ4v) is 5.49. The standard InChI is InChI=1S/C21H18ClN5O4S2/c1-23-15-4-2-3-13(11-15)17-12-19(28)27(25-17)16-7-5-14(6-8-16)24-21(29)26-33(30,31)20-10-9-18(22)32-20/h2-11,23H,12H2,1H3,(H2,24,26,29). The number of nitrogens with one attached hydrogen (secondary N) is 3. The highest BCUT2D eigenvalue weighted by molar-refractivity contribution is 7.92. The lowest BCUT2D eigenvalue weighted by Gasteiger charge is -2.13. The first kappa shape index (κ1) is 22.8. The van der Waals surface area contributed by atoms with Gasteiger partial charge in [-0.15, -0.1) is 11.3 Å². The lowest BCUT2D eigenvalue weighted by atomic mass is 10.1. The third kappa shape index (κ3) is 5.16. The number of urea groups is 1. The topological polar surface area (TPSA) is 120 Å². The van der Waals surface area contributed by atoms with E-state index in [9.17, 15) is 18.0 Å². The predicted molar refractivity (Wildman–Crippen MR) is 130 cm³/mol. The van der Waals surface area contributed by atoms with Gasteiger partial charge in [0.25, 0.3) is 15.9 Å². The molecule has 12 heteroatoms. The van der Waals surface area contributed by atoms with Crippen molar-refractivity contribution in [1.29, 1.82) is 0 Å². The van der Waals surface area contributed by atoms with Gasteiger partial charge in [-0.2, -0.15) is 5.10 Å². The van der Waals surface area contributed by atoms with Crippen LogP contribution >= 0.6 is 22.9 Å². The molecule has 0 unspecified atom stereocenters. The molecule has 3 aromatic rings.